The van der Waals surface area contributed by atoms with Gasteiger partial charge in [-0.1, -0.05) is 11.6 Å². The van der Waals surface area contributed by atoms with E-state index >= 15 is 0 Å². The fourth-order valence-corrected chi connectivity index (χ4v) is 1.36. The molecular formula is C12H14ClNO3. The molecule has 92 valence electrons. The van der Waals surface area contributed by atoms with Crippen LogP contribution in [0, 0.1) is 11.3 Å². The second kappa shape index (κ2) is 7.13. The molecule has 1 aromatic rings. The first-order valence-electron chi connectivity index (χ1n) is 5.25. The van der Waals surface area contributed by atoms with E-state index in [9.17, 15) is 5.11 Å². The predicted octanol–water partition coefficient (Wildman–Crippen LogP) is 1.99. The molecule has 0 saturated heterocycles. The van der Waals surface area contributed by atoms with Gasteiger partial charge >= 0.3 is 0 Å². The normalized spacial score (nSPS) is 11.9. The Bertz CT molecular complexity index is 403. The summed E-state index contributed by atoms with van der Waals surface area (Å²) in [6.07, 6.45) is -0.722. The molecule has 0 amide bonds. The minimum atomic E-state index is -0.722. The lowest BCUT2D eigenvalue weighted by Crippen LogP contribution is -2.23. The van der Waals surface area contributed by atoms with Crippen LogP contribution in [0.25, 0.3) is 0 Å². The van der Waals surface area contributed by atoms with Gasteiger partial charge < -0.3 is 14.6 Å². The summed E-state index contributed by atoms with van der Waals surface area (Å²) in [4.78, 5) is 0. The van der Waals surface area contributed by atoms with Crippen LogP contribution in [-0.4, -0.2) is 31.0 Å². The van der Waals surface area contributed by atoms with E-state index in [2.05, 4.69) is 0 Å². The third kappa shape index (κ3) is 4.61. The molecule has 1 rings (SSSR count). The highest BCUT2D eigenvalue weighted by Gasteiger charge is 2.08. The Morgan fingerprint density at radius 1 is 1.47 bits per heavy atom. The van der Waals surface area contributed by atoms with Gasteiger partial charge in [-0.25, -0.2) is 0 Å². The van der Waals surface area contributed by atoms with E-state index < -0.39 is 6.10 Å². The molecule has 1 aromatic carbocycles. The van der Waals surface area contributed by atoms with Crippen molar-refractivity contribution < 1.29 is 14.6 Å². The molecule has 0 saturated carbocycles. The third-order valence-electron chi connectivity index (χ3n) is 2.01. The minimum absolute atomic E-state index is 0.0645. The van der Waals surface area contributed by atoms with Gasteiger partial charge in [-0.15, -0.1) is 0 Å². The van der Waals surface area contributed by atoms with Crippen molar-refractivity contribution in [3.63, 3.8) is 0 Å². The molecule has 0 bridgehead atoms. The monoisotopic (exact) mass is 255 g/mol. The molecule has 1 N–H and O–H groups in total. The summed E-state index contributed by atoms with van der Waals surface area (Å²) < 4.78 is 10.4. The summed E-state index contributed by atoms with van der Waals surface area (Å²) in [6.45, 7) is 2.66. The van der Waals surface area contributed by atoms with Crippen LogP contribution < -0.4 is 4.74 Å². The van der Waals surface area contributed by atoms with Crippen LogP contribution in [0.2, 0.25) is 5.02 Å². The second-order valence-electron chi connectivity index (χ2n) is 3.38. The Kier molecular flexibility index (Phi) is 5.78. The molecule has 4 nitrogen and oxygen atoms in total. The van der Waals surface area contributed by atoms with Crippen LogP contribution in [0.4, 0.5) is 0 Å². The Balaban J connectivity index is 2.56. The lowest BCUT2D eigenvalue weighted by Gasteiger charge is -2.13. The van der Waals surface area contributed by atoms with Crippen molar-refractivity contribution >= 4 is 11.6 Å². The number of halogens is 1. The van der Waals surface area contributed by atoms with E-state index in [0.717, 1.165) is 0 Å². The zero-order chi connectivity index (χ0) is 12.7. The molecular weight excluding hydrogens is 242 g/mol. The molecule has 5 heteroatoms. The van der Waals surface area contributed by atoms with Crippen molar-refractivity contribution in [2.24, 2.45) is 0 Å². The number of hydrogen-bond donors (Lipinski definition) is 1. The molecule has 0 aliphatic heterocycles. The summed E-state index contributed by atoms with van der Waals surface area (Å²) in [6, 6.07) is 6.73. The molecule has 0 aliphatic carbocycles. The molecule has 0 radical (unpaired) electrons. The highest BCUT2D eigenvalue weighted by molar-refractivity contribution is 6.30. The van der Waals surface area contributed by atoms with Crippen LogP contribution in [-0.2, 0) is 4.74 Å². The van der Waals surface area contributed by atoms with E-state index in [1.54, 1.807) is 18.2 Å². The first-order valence-corrected chi connectivity index (χ1v) is 5.63. The third-order valence-corrected chi connectivity index (χ3v) is 2.24. The zero-order valence-corrected chi connectivity index (χ0v) is 10.3. The molecule has 0 aromatic heterocycles. The molecule has 1 unspecified atom stereocenters. The van der Waals surface area contributed by atoms with Crippen molar-refractivity contribution in [3.8, 4) is 11.8 Å². The maximum absolute atomic E-state index is 9.51. The van der Waals surface area contributed by atoms with Gasteiger partial charge in [-0.2, -0.15) is 5.26 Å². The van der Waals surface area contributed by atoms with Gasteiger partial charge in [0.2, 0.25) is 0 Å². The number of benzene rings is 1. The Hall–Kier alpha value is -1.28. The van der Waals surface area contributed by atoms with Gasteiger partial charge in [0.05, 0.1) is 12.2 Å². The number of aliphatic hydroxyl groups is 1. The van der Waals surface area contributed by atoms with E-state index in [-0.39, 0.29) is 13.2 Å². The van der Waals surface area contributed by atoms with Crippen LogP contribution in [0.1, 0.15) is 12.5 Å². The number of nitrogens with zero attached hydrogens (tertiary/aromatic N) is 1. The maximum atomic E-state index is 9.51. The largest absolute Gasteiger partial charge is 0.489 e. The predicted molar refractivity (Wildman–Crippen MR) is 64.2 cm³/mol. The van der Waals surface area contributed by atoms with Crippen molar-refractivity contribution in [1.82, 2.24) is 0 Å². The van der Waals surface area contributed by atoms with Gasteiger partial charge in [0, 0.05) is 17.7 Å². The number of hydrogen-bond acceptors (Lipinski definition) is 4. The summed E-state index contributed by atoms with van der Waals surface area (Å²) in [5.74, 6) is 0.371. The number of rotatable bonds is 6. The molecule has 0 heterocycles. The molecule has 1 atom stereocenters. The number of nitriles is 1. The van der Waals surface area contributed by atoms with Gasteiger partial charge in [-0.3, -0.25) is 0 Å². The van der Waals surface area contributed by atoms with E-state index in [4.69, 9.17) is 26.3 Å². The zero-order valence-electron chi connectivity index (χ0n) is 9.52. The SMILES string of the molecule is CCOCC(O)COc1cc(Cl)ccc1C#N. The smallest absolute Gasteiger partial charge is 0.138 e. The quantitative estimate of drug-likeness (QED) is 0.844. The molecule has 0 spiro atoms. The average Bonchev–Trinajstić information content (AvgIpc) is 2.34. The molecule has 0 fully saturated rings. The number of ether oxygens (including phenoxy) is 2. The van der Waals surface area contributed by atoms with Crippen LogP contribution >= 0.6 is 11.6 Å². The molecule has 0 aliphatic rings. The summed E-state index contributed by atoms with van der Waals surface area (Å²) in [5.41, 5.74) is 0.387. The standard InChI is InChI=1S/C12H14ClNO3/c1-2-16-7-11(15)8-17-12-5-10(13)4-3-9(12)6-14/h3-5,11,15H,2,7-8H2,1H3. The summed E-state index contributed by atoms with van der Waals surface area (Å²) in [5, 5.41) is 18.8. The highest BCUT2D eigenvalue weighted by atomic mass is 35.5. The second-order valence-corrected chi connectivity index (χ2v) is 3.81. The van der Waals surface area contributed by atoms with Crippen molar-refractivity contribution in [1.29, 1.82) is 5.26 Å². The maximum Gasteiger partial charge on any atom is 0.138 e. The first-order chi connectivity index (χ1) is 8.17. The van der Waals surface area contributed by atoms with E-state index in [0.29, 0.717) is 22.9 Å². The van der Waals surface area contributed by atoms with Crippen molar-refractivity contribution in [2.75, 3.05) is 19.8 Å². The Morgan fingerprint density at radius 2 is 2.24 bits per heavy atom. The lowest BCUT2D eigenvalue weighted by molar-refractivity contribution is 0.0164. The van der Waals surface area contributed by atoms with Gasteiger partial charge in [0.25, 0.3) is 0 Å². The van der Waals surface area contributed by atoms with E-state index in [1.807, 2.05) is 13.0 Å². The lowest BCUT2D eigenvalue weighted by atomic mass is 10.2. The topological polar surface area (TPSA) is 62.5 Å². The van der Waals surface area contributed by atoms with Crippen LogP contribution in [0.3, 0.4) is 0 Å². The Labute approximate surface area is 105 Å². The van der Waals surface area contributed by atoms with E-state index in [1.165, 1.54) is 0 Å². The number of aliphatic hydroxyl groups excluding tert-OH is 1. The van der Waals surface area contributed by atoms with Crippen LogP contribution in [0.15, 0.2) is 18.2 Å². The van der Waals surface area contributed by atoms with Gasteiger partial charge in [-0.05, 0) is 19.1 Å². The van der Waals surface area contributed by atoms with Crippen LogP contribution in [0.5, 0.6) is 5.75 Å². The van der Waals surface area contributed by atoms with Crippen molar-refractivity contribution in [3.05, 3.63) is 28.8 Å². The minimum Gasteiger partial charge on any atom is -0.489 e. The molecule has 17 heavy (non-hydrogen) atoms. The highest BCUT2D eigenvalue weighted by Crippen LogP contribution is 2.22. The Morgan fingerprint density at radius 3 is 2.88 bits per heavy atom. The van der Waals surface area contributed by atoms with Crippen molar-refractivity contribution in [2.45, 2.75) is 13.0 Å². The fourth-order valence-electron chi connectivity index (χ4n) is 1.20. The fraction of sp³-hybridized carbons (Fsp3) is 0.417. The first kappa shape index (κ1) is 13.8. The van der Waals surface area contributed by atoms with Gasteiger partial charge in [0.1, 0.15) is 24.5 Å². The summed E-state index contributed by atoms with van der Waals surface area (Å²) in [7, 11) is 0. The summed E-state index contributed by atoms with van der Waals surface area (Å²) >= 11 is 5.80. The average molecular weight is 256 g/mol. The van der Waals surface area contributed by atoms with Gasteiger partial charge in [0.15, 0.2) is 0 Å².